The molecule has 0 aromatic carbocycles. The summed E-state index contributed by atoms with van der Waals surface area (Å²) in [6.45, 7) is 4.94. The van der Waals surface area contributed by atoms with Crippen LogP contribution in [0.15, 0.2) is 0 Å². The minimum absolute atomic E-state index is 0.00812. The van der Waals surface area contributed by atoms with Crippen molar-refractivity contribution >= 4 is 17.8 Å². The second-order valence-corrected chi connectivity index (χ2v) is 5.70. The molecule has 0 aliphatic carbocycles. The molecule has 0 atom stereocenters. The summed E-state index contributed by atoms with van der Waals surface area (Å²) in [4.78, 5) is 38.4. The molecule has 120 valence electrons. The maximum Gasteiger partial charge on any atom is 0.306 e. The normalized spacial score (nSPS) is 16.1. The van der Waals surface area contributed by atoms with Gasteiger partial charge >= 0.3 is 5.97 Å². The van der Waals surface area contributed by atoms with E-state index in [1.165, 1.54) is 4.90 Å². The van der Waals surface area contributed by atoms with Crippen LogP contribution >= 0.6 is 0 Å². The first-order valence-electron chi connectivity index (χ1n) is 7.66. The summed E-state index contributed by atoms with van der Waals surface area (Å²) in [6.07, 6.45) is 2.53. The van der Waals surface area contributed by atoms with Crippen LogP contribution in [0.4, 0.5) is 0 Å². The summed E-state index contributed by atoms with van der Waals surface area (Å²) < 4.78 is 0. The standard InChI is InChI=1S/C15H26N2O4/c1-4-11(5-2)14(19)16(3)10-13(18)17-8-6-12(7-9-17)15(20)21/h11-12H,4-10H2,1-3H3,(H,20,21). The van der Waals surface area contributed by atoms with Gasteiger partial charge in [-0.15, -0.1) is 0 Å². The van der Waals surface area contributed by atoms with Gasteiger partial charge < -0.3 is 14.9 Å². The number of carbonyl (C=O) groups excluding carboxylic acids is 2. The number of hydrogen-bond acceptors (Lipinski definition) is 3. The first-order valence-corrected chi connectivity index (χ1v) is 7.66. The third kappa shape index (κ3) is 4.72. The highest BCUT2D eigenvalue weighted by molar-refractivity contribution is 5.86. The predicted octanol–water partition coefficient (Wildman–Crippen LogP) is 1.20. The number of piperidine rings is 1. The van der Waals surface area contributed by atoms with Gasteiger partial charge in [-0.1, -0.05) is 13.8 Å². The molecular formula is C15H26N2O4. The second-order valence-electron chi connectivity index (χ2n) is 5.70. The van der Waals surface area contributed by atoms with E-state index in [2.05, 4.69) is 0 Å². The zero-order chi connectivity index (χ0) is 16.0. The number of carbonyl (C=O) groups is 3. The van der Waals surface area contributed by atoms with Crippen LogP contribution in [0.5, 0.6) is 0 Å². The first kappa shape index (κ1) is 17.5. The predicted molar refractivity (Wildman–Crippen MR) is 78.6 cm³/mol. The molecule has 0 spiro atoms. The highest BCUT2D eigenvalue weighted by Gasteiger charge is 2.28. The van der Waals surface area contributed by atoms with E-state index in [0.717, 1.165) is 12.8 Å². The van der Waals surface area contributed by atoms with Crippen molar-refractivity contribution in [3.63, 3.8) is 0 Å². The number of carboxylic acids is 1. The third-order valence-corrected chi connectivity index (χ3v) is 4.28. The van der Waals surface area contributed by atoms with Crippen molar-refractivity contribution in [1.29, 1.82) is 0 Å². The average molecular weight is 298 g/mol. The molecule has 0 aromatic heterocycles. The molecule has 1 saturated heterocycles. The highest BCUT2D eigenvalue weighted by Crippen LogP contribution is 2.18. The van der Waals surface area contributed by atoms with Crippen LogP contribution in [0.1, 0.15) is 39.5 Å². The van der Waals surface area contributed by atoms with Gasteiger partial charge in [0.15, 0.2) is 0 Å². The van der Waals surface area contributed by atoms with Gasteiger partial charge in [0.1, 0.15) is 0 Å². The summed E-state index contributed by atoms with van der Waals surface area (Å²) in [6, 6.07) is 0. The van der Waals surface area contributed by atoms with E-state index in [0.29, 0.717) is 25.9 Å². The fourth-order valence-corrected chi connectivity index (χ4v) is 2.71. The Hall–Kier alpha value is -1.59. The maximum absolute atomic E-state index is 12.2. The molecule has 0 bridgehead atoms. The Morgan fingerprint density at radius 2 is 1.71 bits per heavy atom. The van der Waals surface area contributed by atoms with Crippen molar-refractivity contribution in [2.75, 3.05) is 26.7 Å². The molecule has 2 amide bonds. The topological polar surface area (TPSA) is 77.9 Å². The Morgan fingerprint density at radius 3 is 2.14 bits per heavy atom. The smallest absolute Gasteiger partial charge is 0.306 e. The minimum atomic E-state index is -0.789. The minimum Gasteiger partial charge on any atom is -0.481 e. The Balaban J connectivity index is 2.47. The van der Waals surface area contributed by atoms with Crippen molar-refractivity contribution in [2.24, 2.45) is 11.8 Å². The molecule has 6 heteroatoms. The lowest BCUT2D eigenvalue weighted by molar-refractivity contribution is -0.147. The summed E-state index contributed by atoms with van der Waals surface area (Å²) in [5.41, 5.74) is 0. The number of rotatable bonds is 6. The van der Waals surface area contributed by atoms with Gasteiger partial charge in [0, 0.05) is 26.1 Å². The van der Waals surface area contributed by atoms with Crippen molar-refractivity contribution in [3.05, 3.63) is 0 Å². The lowest BCUT2D eigenvalue weighted by Crippen LogP contribution is -2.46. The Labute approximate surface area is 126 Å². The molecule has 21 heavy (non-hydrogen) atoms. The largest absolute Gasteiger partial charge is 0.481 e. The van der Waals surface area contributed by atoms with Crippen molar-refractivity contribution in [2.45, 2.75) is 39.5 Å². The molecule has 1 N–H and O–H groups in total. The van der Waals surface area contributed by atoms with Gasteiger partial charge in [0.25, 0.3) is 0 Å². The van der Waals surface area contributed by atoms with Crippen LogP contribution in [0.2, 0.25) is 0 Å². The highest BCUT2D eigenvalue weighted by atomic mass is 16.4. The molecule has 0 saturated carbocycles. The van der Waals surface area contributed by atoms with E-state index in [9.17, 15) is 14.4 Å². The van der Waals surface area contributed by atoms with E-state index in [-0.39, 0.29) is 30.2 Å². The van der Waals surface area contributed by atoms with Gasteiger partial charge in [-0.3, -0.25) is 14.4 Å². The summed E-state index contributed by atoms with van der Waals surface area (Å²) in [7, 11) is 1.66. The molecule has 0 radical (unpaired) electrons. The van der Waals surface area contributed by atoms with Gasteiger partial charge in [-0.05, 0) is 25.7 Å². The number of carboxylic acid groups (broad SMARTS) is 1. The maximum atomic E-state index is 12.2. The molecule has 1 rings (SSSR count). The van der Waals surface area contributed by atoms with Crippen LogP contribution in [0, 0.1) is 11.8 Å². The first-order chi connectivity index (χ1) is 9.90. The third-order valence-electron chi connectivity index (χ3n) is 4.28. The Kier molecular flexibility index (Phi) is 6.65. The van der Waals surface area contributed by atoms with Crippen LogP contribution in [0.3, 0.4) is 0 Å². The average Bonchev–Trinajstić information content (AvgIpc) is 2.48. The molecule has 1 aliphatic rings. The number of likely N-dealkylation sites (N-methyl/N-ethyl adjacent to an activating group) is 1. The van der Waals surface area contributed by atoms with Crippen molar-refractivity contribution in [1.82, 2.24) is 9.80 Å². The quantitative estimate of drug-likeness (QED) is 0.799. The number of likely N-dealkylation sites (tertiary alicyclic amines) is 1. The van der Waals surface area contributed by atoms with E-state index in [1.807, 2.05) is 13.8 Å². The second kappa shape index (κ2) is 8.00. The summed E-state index contributed by atoms with van der Waals surface area (Å²) in [5.74, 6) is -1.25. The molecular weight excluding hydrogens is 272 g/mol. The number of hydrogen-bond donors (Lipinski definition) is 1. The molecule has 1 fully saturated rings. The van der Waals surface area contributed by atoms with E-state index >= 15 is 0 Å². The SMILES string of the molecule is CCC(CC)C(=O)N(C)CC(=O)N1CCC(C(=O)O)CC1. The Morgan fingerprint density at radius 1 is 1.19 bits per heavy atom. The molecule has 1 heterocycles. The van der Waals surface area contributed by atoms with Gasteiger partial charge in [-0.25, -0.2) is 0 Å². The summed E-state index contributed by atoms with van der Waals surface area (Å²) >= 11 is 0. The van der Waals surface area contributed by atoms with Gasteiger partial charge in [0.2, 0.25) is 11.8 Å². The van der Waals surface area contributed by atoms with Crippen LogP contribution in [0.25, 0.3) is 0 Å². The van der Waals surface area contributed by atoms with E-state index < -0.39 is 5.97 Å². The van der Waals surface area contributed by atoms with Crippen LogP contribution in [-0.2, 0) is 14.4 Å². The number of amides is 2. The monoisotopic (exact) mass is 298 g/mol. The number of nitrogens with zero attached hydrogens (tertiary/aromatic N) is 2. The number of aliphatic carboxylic acids is 1. The van der Waals surface area contributed by atoms with Crippen molar-refractivity contribution < 1.29 is 19.5 Å². The molecule has 0 unspecified atom stereocenters. The fraction of sp³-hybridized carbons (Fsp3) is 0.800. The lowest BCUT2D eigenvalue weighted by atomic mass is 9.97. The molecule has 1 aliphatic heterocycles. The van der Waals surface area contributed by atoms with E-state index in [4.69, 9.17) is 5.11 Å². The zero-order valence-corrected chi connectivity index (χ0v) is 13.2. The van der Waals surface area contributed by atoms with Gasteiger partial charge in [-0.2, -0.15) is 0 Å². The lowest BCUT2D eigenvalue weighted by Gasteiger charge is -2.32. The fourth-order valence-electron chi connectivity index (χ4n) is 2.71. The van der Waals surface area contributed by atoms with Crippen molar-refractivity contribution in [3.8, 4) is 0 Å². The van der Waals surface area contributed by atoms with Crippen LogP contribution < -0.4 is 0 Å². The van der Waals surface area contributed by atoms with E-state index in [1.54, 1.807) is 11.9 Å². The summed E-state index contributed by atoms with van der Waals surface area (Å²) in [5, 5.41) is 8.94. The zero-order valence-electron chi connectivity index (χ0n) is 13.2. The van der Waals surface area contributed by atoms with Crippen LogP contribution in [-0.4, -0.2) is 59.4 Å². The Bertz CT molecular complexity index is 385. The van der Waals surface area contributed by atoms with Gasteiger partial charge in [0.05, 0.1) is 12.5 Å². The molecule has 6 nitrogen and oxygen atoms in total. The molecule has 0 aromatic rings.